The molecule has 7 heteroatoms. The fraction of sp³-hybridized carbons (Fsp3) is 0.375. The van der Waals surface area contributed by atoms with E-state index in [1.54, 1.807) is 11.8 Å². The average molecular weight is 499 g/mol. The number of nitrogens with one attached hydrogen (secondary N) is 1. The lowest BCUT2D eigenvalue weighted by molar-refractivity contribution is 0.225. The number of fused-ring (bicyclic) bond motifs is 3. The summed E-state index contributed by atoms with van der Waals surface area (Å²) in [6, 6.07) is 14.6. The lowest BCUT2D eigenvalue weighted by Crippen LogP contribution is -2.18. The molecule has 0 amide bonds. The fourth-order valence-corrected chi connectivity index (χ4v) is 4.57. The molecule has 0 unspecified atom stereocenters. The molecule has 1 N–H and O–H groups in total. The first-order valence-corrected chi connectivity index (χ1v) is 12.3. The second-order valence-electron chi connectivity index (χ2n) is 8.65. The second kappa shape index (κ2) is 9.17. The van der Waals surface area contributed by atoms with Crippen LogP contribution in [0.2, 0.25) is 0 Å². The second-order valence-corrected chi connectivity index (χ2v) is 10.6. The van der Waals surface area contributed by atoms with Crippen molar-refractivity contribution in [3.05, 3.63) is 58.1 Å². The van der Waals surface area contributed by atoms with Gasteiger partial charge in [-0.05, 0) is 35.6 Å². The van der Waals surface area contributed by atoms with Gasteiger partial charge in [-0.25, -0.2) is 0 Å². The Balaban J connectivity index is 1.72. The molecule has 0 spiro atoms. The highest BCUT2D eigenvalue weighted by Gasteiger charge is 2.27. The number of rotatable bonds is 5. The molecule has 5 nitrogen and oxygen atoms in total. The van der Waals surface area contributed by atoms with Gasteiger partial charge in [0.25, 0.3) is 0 Å². The van der Waals surface area contributed by atoms with Crippen LogP contribution in [-0.2, 0) is 5.41 Å². The van der Waals surface area contributed by atoms with Gasteiger partial charge in [-0.2, -0.15) is 4.98 Å². The summed E-state index contributed by atoms with van der Waals surface area (Å²) in [5.74, 6) is 1.47. The third-order valence-corrected chi connectivity index (χ3v) is 6.61. The van der Waals surface area contributed by atoms with Crippen molar-refractivity contribution in [3.8, 4) is 17.1 Å². The number of thioether (sulfide) groups is 1. The molecule has 1 aromatic heterocycles. The first kappa shape index (κ1) is 22.1. The van der Waals surface area contributed by atoms with Gasteiger partial charge in [0.2, 0.25) is 11.0 Å². The van der Waals surface area contributed by atoms with Gasteiger partial charge < -0.3 is 10.1 Å². The van der Waals surface area contributed by atoms with Crippen molar-refractivity contribution in [2.45, 2.75) is 57.3 Å². The Bertz CT molecular complexity index is 1070. The number of nitrogens with zero attached hydrogens (tertiary/aromatic N) is 3. The predicted octanol–water partition coefficient (Wildman–Crippen LogP) is 6.99. The molecule has 0 radical (unpaired) electrons. The Kier molecular flexibility index (Phi) is 6.53. The number of aromatic nitrogens is 3. The molecular formula is C24H27BrN4OS. The van der Waals surface area contributed by atoms with E-state index < -0.39 is 0 Å². The zero-order chi connectivity index (χ0) is 22.0. The largest absolute Gasteiger partial charge is 0.448 e. The van der Waals surface area contributed by atoms with E-state index >= 15 is 0 Å². The zero-order valence-electron chi connectivity index (χ0n) is 18.3. The summed E-state index contributed by atoms with van der Waals surface area (Å²) in [5, 5.41) is 13.0. The van der Waals surface area contributed by atoms with E-state index in [-0.39, 0.29) is 11.6 Å². The summed E-state index contributed by atoms with van der Waals surface area (Å²) in [6.07, 6.45) is 1.88. The molecular weight excluding hydrogens is 472 g/mol. The van der Waals surface area contributed by atoms with Crippen LogP contribution in [0, 0.1) is 0 Å². The Labute approximate surface area is 196 Å². The minimum Gasteiger partial charge on any atom is -0.448 e. The number of unbranched alkanes of at least 4 members (excludes halogenated alkanes) is 1. The van der Waals surface area contributed by atoms with Crippen molar-refractivity contribution in [2.24, 2.45) is 0 Å². The fourth-order valence-electron chi connectivity index (χ4n) is 3.35. The third kappa shape index (κ3) is 5.04. The molecule has 2 aromatic carbocycles. The van der Waals surface area contributed by atoms with Crippen LogP contribution in [0.25, 0.3) is 11.3 Å². The Morgan fingerprint density at radius 3 is 2.58 bits per heavy atom. The topological polar surface area (TPSA) is 59.9 Å². The van der Waals surface area contributed by atoms with Crippen LogP contribution in [0.1, 0.15) is 57.9 Å². The minimum atomic E-state index is -0.375. The molecule has 1 atom stereocenters. The molecule has 162 valence electrons. The molecule has 1 aliphatic rings. The third-order valence-electron chi connectivity index (χ3n) is 5.20. The Morgan fingerprint density at radius 2 is 1.87 bits per heavy atom. The van der Waals surface area contributed by atoms with Crippen LogP contribution in [0.15, 0.2) is 52.1 Å². The molecule has 0 saturated carbocycles. The molecule has 0 aliphatic carbocycles. The van der Waals surface area contributed by atoms with E-state index in [0.29, 0.717) is 16.7 Å². The summed E-state index contributed by atoms with van der Waals surface area (Å²) >= 11 is 5.19. The number of halogens is 1. The van der Waals surface area contributed by atoms with E-state index in [1.165, 1.54) is 5.56 Å². The standard InChI is InChI=1S/C24H27BrN4OS/c1-5-6-13-31-23-27-22-20(28-29-23)18-14-17(25)11-12-19(18)26-21(30-22)15-7-9-16(10-8-15)24(2,3)4/h7-12,14,21,26H,5-6,13H2,1-4H3/t21-/m1/s1. The van der Waals surface area contributed by atoms with Crippen LogP contribution in [0.4, 0.5) is 5.69 Å². The summed E-state index contributed by atoms with van der Waals surface area (Å²) in [6.45, 7) is 8.82. The molecule has 1 aliphatic heterocycles. The molecule has 31 heavy (non-hydrogen) atoms. The summed E-state index contributed by atoms with van der Waals surface area (Å²) in [4.78, 5) is 4.72. The van der Waals surface area contributed by atoms with Crippen molar-refractivity contribution in [1.82, 2.24) is 15.2 Å². The van der Waals surface area contributed by atoms with Crippen LogP contribution in [0.5, 0.6) is 5.88 Å². The molecule has 0 saturated heterocycles. The quantitative estimate of drug-likeness (QED) is 0.302. The molecule has 2 heterocycles. The van der Waals surface area contributed by atoms with Gasteiger partial charge in [0.05, 0.1) is 0 Å². The monoisotopic (exact) mass is 498 g/mol. The minimum absolute atomic E-state index is 0.101. The first-order valence-electron chi connectivity index (χ1n) is 10.6. The lowest BCUT2D eigenvalue weighted by Gasteiger charge is -2.22. The predicted molar refractivity (Wildman–Crippen MR) is 131 cm³/mol. The highest BCUT2D eigenvalue weighted by Crippen LogP contribution is 2.41. The molecule has 4 rings (SSSR count). The molecule has 0 fully saturated rings. The summed E-state index contributed by atoms with van der Waals surface area (Å²) in [5.41, 5.74) is 4.93. The number of hydrogen-bond donors (Lipinski definition) is 1. The van der Waals surface area contributed by atoms with Crippen LogP contribution in [0.3, 0.4) is 0 Å². The van der Waals surface area contributed by atoms with Gasteiger partial charge in [-0.1, -0.05) is 86.1 Å². The maximum Gasteiger partial charge on any atom is 0.247 e. The van der Waals surface area contributed by atoms with Crippen molar-refractivity contribution in [2.75, 3.05) is 11.1 Å². The van der Waals surface area contributed by atoms with E-state index in [1.807, 2.05) is 18.2 Å². The summed E-state index contributed by atoms with van der Waals surface area (Å²) < 4.78 is 7.35. The van der Waals surface area contributed by atoms with E-state index in [9.17, 15) is 0 Å². The van der Waals surface area contributed by atoms with Gasteiger partial charge in [0, 0.05) is 27.0 Å². The smallest absolute Gasteiger partial charge is 0.247 e. The highest BCUT2D eigenvalue weighted by atomic mass is 79.9. The van der Waals surface area contributed by atoms with Crippen LogP contribution >= 0.6 is 27.7 Å². The van der Waals surface area contributed by atoms with Crippen molar-refractivity contribution in [1.29, 1.82) is 0 Å². The van der Waals surface area contributed by atoms with E-state index in [2.05, 4.69) is 83.4 Å². The maximum absolute atomic E-state index is 6.38. The normalized spacial score (nSPS) is 15.3. The lowest BCUT2D eigenvalue weighted by atomic mass is 9.86. The Morgan fingerprint density at radius 1 is 1.10 bits per heavy atom. The van der Waals surface area contributed by atoms with Gasteiger partial charge in [-0.15, -0.1) is 10.2 Å². The summed E-state index contributed by atoms with van der Waals surface area (Å²) in [7, 11) is 0. The zero-order valence-corrected chi connectivity index (χ0v) is 20.7. The molecule has 3 aromatic rings. The number of hydrogen-bond acceptors (Lipinski definition) is 6. The first-order chi connectivity index (χ1) is 14.8. The SMILES string of the molecule is CCCCSc1nnc2c(n1)O[C@H](c1ccc(C(C)(C)C)cc1)Nc1ccc(Br)cc1-2. The van der Waals surface area contributed by atoms with Gasteiger partial charge in [0.1, 0.15) is 0 Å². The molecule has 0 bridgehead atoms. The number of benzene rings is 2. The van der Waals surface area contributed by atoms with Crippen LogP contribution < -0.4 is 10.1 Å². The van der Waals surface area contributed by atoms with E-state index in [0.717, 1.165) is 39.9 Å². The van der Waals surface area contributed by atoms with Gasteiger partial charge >= 0.3 is 0 Å². The van der Waals surface area contributed by atoms with Crippen molar-refractivity contribution in [3.63, 3.8) is 0 Å². The number of anilines is 1. The Hall–Kier alpha value is -2.12. The highest BCUT2D eigenvalue weighted by molar-refractivity contribution is 9.10. The van der Waals surface area contributed by atoms with Crippen LogP contribution in [-0.4, -0.2) is 20.9 Å². The van der Waals surface area contributed by atoms with Gasteiger partial charge in [0.15, 0.2) is 11.9 Å². The van der Waals surface area contributed by atoms with E-state index in [4.69, 9.17) is 9.72 Å². The van der Waals surface area contributed by atoms with Crippen molar-refractivity contribution < 1.29 is 4.74 Å². The number of ether oxygens (including phenoxy) is 1. The maximum atomic E-state index is 6.38. The van der Waals surface area contributed by atoms with Gasteiger partial charge in [-0.3, -0.25) is 0 Å². The average Bonchev–Trinajstić information content (AvgIpc) is 2.90. The van der Waals surface area contributed by atoms with Crippen molar-refractivity contribution >= 4 is 33.4 Å².